The minimum Gasteiger partial charge on any atom is -0.257 e. The minimum absolute atomic E-state index is 0.707. The van der Waals surface area contributed by atoms with Crippen molar-refractivity contribution in [1.29, 1.82) is 0 Å². The molecule has 3 aromatic heterocycles. The highest BCUT2D eigenvalue weighted by atomic mass is 32.2. The lowest BCUT2D eigenvalue weighted by molar-refractivity contribution is 0.972. The van der Waals surface area contributed by atoms with E-state index in [2.05, 4.69) is 20.2 Å². The van der Waals surface area contributed by atoms with Gasteiger partial charge in [-0.15, -0.1) is 27.8 Å². The molecule has 0 unspecified atom stereocenters. The van der Waals surface area contributed by atoms with Crippen LogP contribution in [0.15, 0.2) is 38.6 Å². The van der Waals surface area contributed by atoms with Crippen molar-refractivity contribution in [1.82, 2.24) is 20.2 Å². The summed E-state index contributed by atoms with van der Waals surface area (Å²) in [7, 11) is 0. The van der Waals surface area contributed by atoms with Gasteiger partial charge >= 0.3 is 0 Å². The first-order chi connectivity index (χ1) is 7.92. The summed E-state index contributed by atoms with van der Waals surface area (Å²) in [5.41, 5.74) is 0. The molecule has 0 aliphatic heterocycles. The Morgan fingerprint density at radius 2 is 2.25 bits per heavy atom. The molecule has 0 fully saturated rings. The van der Waals surface area contributed by atoms with Crippen LogP contribution in [-0.4, -0.2) is 20.2 Å². The molecule has 0 amide bonds. The van der Waals surface area contributed by atoms with E-state index in [0.29, 0.717) is 5.16 Å². The van der Waals surface area contributed by atoms with Crippen LogP contribution in [0.3, 0.4) is 0 Å². The van der Waals surface area contributed by atoms with Crippen molar-refractivity contribution in [2.45, 2.75) is 9.50 Å². The van der Waals surface area contributed by atoms with E-state index >= 15 is 0 Å². The van der Waals surface area contributed by atoms with Gasteiger partial charge in [-0.2, -0.15) is 0 Å². The normalized spacial score (nSPS) is 10.8. The van der Waals surface area contributed by atoms with E-state index in [-0.39, 0.29) is 0 Å². The average Bonchev–Trinajstić information content (AvgIpc) is 2.99. The Bertz CT molecular complexity index is 555. The summed E-state index contributed by atoms with van der Waals surface area (Å²) in [6.07, 6.45) is 1.78. The van der Waals surface area contributed by atoms with Crippen LogP contribution in [0.5, 0.6) is 0 Å². The number of nitrogens with one attached hydrogen (secondary N) is 1. The third-order valence-electron chi connectivity index (χ3n) is 1.81. The largest absolute Gasteiger partial charge is 0.257 e. The van der Waals surface area contributed by atoms with Gasteiger partial charge in [-0.3, -0.25) is 5.10 Å². The number of thiazole rings is 1. The number of aromatic amines is 1. The second kappa shape index (κ2) is 4.36. The fourth-order valence-electron chi connectivity index (χ4n) is 1.15. The van der Waals surface area contributed by atoms with Gasteiger partial charge in [0.05, 0.1) is 4.88 Å². The average molecular weight is 266 g/mol. The highest BCUT2D eigenvalue weighted by Gasteiger charge is 2.08. The second-order valence-electron chi connectivity index (χ2n) is 2.84. The summed E-state index contributed by atoms with van der Waals surface area (Å²) >= 11 is 4.70. The third-order valence-corrected chi connectivity index (χ3v) is 4.43. The quantitative estimate of drug-likeness (QED) is 0.791. The molecule has 0 radical (unpaired) electrons. The van der Waals surface area contributed by atoms with E-state index in [1.54, 1.807) is 28.9 Å². The molecular weight excluding hydrogens is 260 g/mol. The molecule has 0 aromatic carbocycles. The standard InChI is InChI=1S/C9H6N4S3/c1-2-6(14-4-1)7-11-8(13-12-7)16-9-10-3-5-15-9/h1-5H,(H,11,12,13). The maximum absolute atomic E-state index is 4.40. The van der Waals surface area contributed by atoms with Crippen molar-refractivity contribution in [2.24, 2.45) is 0 Å². The Kier molecular flexibility index (Phi) is 2.73. The lowest BCUT2D eigenvalue weighted by Crippen LogP contribution is -1.74. The van der Waals surface area contributed by atoms with E-state index in [1.165, 1.54) is 11.8 Å². The smallest absolute Gasteiger partial charge is 0.215 e. The van der Waals surface area contributed by atoms with Gasteiger partial charge in [0.15, 0.2) is 10.2 Å². The van der Waals surface area contributed by atoms with E-state index in [4.69, 9.17) is 0 Å². The predicted octanol–water partition coefficient (Wildman–Crippen LogP) is 3.14. The molecule has 16 heavy (non-hydrogen) atoms. The monoisotopic (exact) mass is 266 g/mol. The van der Waals surface area contributed by atoms with E-state index in [0.717, 1.165) is 15.0 Å². The Morgan fingerprint density at radius 3 is 3.00 bits per heavy atom. The first-order valence-electron chi connectivity index (χ1n) is 4.45. The van der Waals surface area contributed by atoms with Gasteiger partial charge in [-0.1, -0.05) is 6.07 Å². The Hall–Kier alpha value is -1.18. The zero-order chi connectivity index (χ0) is 10.8. The molecule has 0 saturated carbocycles. The van der Waals surface area contributed by atoms with E-state index in [9.17, 15) is 0 Å². The molecule has 0 atom stereocenters. The van der Waals surface area contributed by atoms with Crippen LogP contribution in [0.25, 0.3) is 10.7 Å². The van der Waals surface area contributed by atoms with E-state index < -0.39 is 0 Å². The maximum Gasteiger partial charge on any atom is 0.215 e. The van der Waals surface area contributed by atoms with Crippen molar-refractivity contribution in [3.05, 3.63) is 29.1 Å². The number of H-pyrrole nitrogens is 1. The van der Waals surface area contributed by atoms with Crippen LogP contribution >= 0.6 is 34.4 Å². The molecule has 3 rings (SSSR count). The third kappa shape index (κ3) is 2.01. The van der Waals surface area contributed by atoms with Gasteiger partial charge in [-0.25, -0.2) is 9.97 Å². The molecule has 0 aliphatic carbocycles. The summed E-state index contributed by atoms with van der Waals surface area (Å²) in [5.74, 6) is 0.814. The van der Waals surface area contributed by atoms with Crippen LogP contribution in [0.4, 0.5) is 0 Å². The lowest BCUT2D eigenvalue weighted by Gasteiger charge is -1.87. The SMILES string of the molecule is c1csc(-c2nc(Sc3nccs3)n[nH]2)c1. The van der Waals surface area contributed by atoms with Crippen molar-refractivity contribution in [3.8, 4) is 10.7 Å². The fraction of sp³-hybridized carbons (Fsp3) is 0. The highest BCUT2D eigenvalue weighted by Crippen LogP contribution is 2.28. The lowest BCUT2D eigenvalue weighted by atomic mass is 10.4. The minimum atomic E-state index is 0.707. The Labute approximate surface area is 104 Å². The predicted molar refractivity (Wildman–Crippen MR) is 65.9 cm³/mol. The van der Waals surface area contributed by atoms with Crippen LogP contribution in [-0.2, 0) is 0 Å². The number of hydrogen-bond donors (Lipinski definition) is 1. The summed E-state index contributed by atoms with van der Waals surface area (Å²) < 4.78 is 0.955. The first kappa shape index (κ1) is 10.0. The van der Waals surface area contributed by atoms with Crippen LogP contribution < -0.4 is 0 Å². The second-order valence-corrected chi connectivity index (χ2v) is 5.90. The van der Waals surface area contributed by atoms with Crippen LogP contribution in [0.1, 0.15) is 0 Å². The molecule has 80 valence electrons. The molecule has 0 bridgehead atoms. The number of nitrogens with zero attached hydrogens (tertiary/aromatic N) is 3. The van der Waals surface area contributed by atoms with Crippen LogP contribution in [0, 0.1) is 0 Å². The number of rotatable bonds is 3. The van der Waals surface area contributed by atoms with Gasteiger partial charge in [0.2, 0.25) is 5.16 Å². The molecule has 0 aliphatic rings. The van der Waals surface area contributed by atoms with Gasteiger partial charge < -0.3 is 0 Å². The van der Waals surface area contributed by atoms with Gasteiger partial charge in [0.25, 0.3) is 0 Å². The molecule has 4 nitrogen and oxygen atoms in total. The van der Waals surface area contributed by atoms with Gasteiger partial charge in [0.1, 0.15) is 0 Å². The molecule has 0 saturated heterocycles. The number of aromatic nitrogens is 4. The van der Waals surface area contributed by atoms with Crippen molar-refractivity contribution in [2.75, 3.05) is 0 Å². The van der Waals surface area contributed by atoms with Crippen molar-refractivity contribution < 1.29 is 0 Å². The van der Waals surface area contributed by atoms with E-state index in [1.807, 2.05) is 22.9 Å². The molecule has 3 aromatic rings. The number of hydrogen-bond acceptors (Lipinski definition) is 6. The zero-order valence-electron chi connectivity index (χ0n) is 7.95. The molecular formula is C9H6N4S3. The highest BCUT2D eigenvalue weighted by molar-refractivity contribution is 8.00. The van der Waals surface area contributed by atoms with Crippen molar-refractivity contribution >= 4 is 34.4 Å². The number of thiophene rings is 1. The summed E-state index contributed by atoms with van der Waals surface area (Å²) in [4.78, 5) is 9.67. The molecule has 3 heterocycles. The summed E-state index contributed by atoms with van der Waals surface area (Å²) in [5, 5.41) is 11.7. The maximum atomic E-state index is 4.40. The fourth-order valence-corrected chi connectivity index (χ4v) is 3.26. The zero-order valence-corrected chi connectivity index (χ0v) is 10.4. The summed E-state index contributed by atoms with van der Waals surface area (Å²) in [6.45, 7) is 0. The van der Waals surface area contributed by atoms with Crippen molar-refractivity contribution in [3.63, 3.8) is 0 Å². The van der Waals surface area contributed by atoms with Gasteiger partial charge in [0, 0.05) is 11.6 Å². The van der Waals surface area contributed by atoms with Crippen LogP contribution in [0.2, 0.25) is 0 Å². The topological polar surface area (TPSA) is 54.5 Å². The Morgan fingerprint density at radius 1 is 1.25 bits per heavy atom. The summed E-state index contributed by atoms with van der Waals surface area (Å²) in [6, 6.07) is 4.01. The molecule has 0 spiro atoms. The Balaban J connectivity index is 1.83. The molecule has 7 heteroatoms. The molecule has 1 N–H and O–H groups in total. The first-order valence-corrected chi connectivity index (χ1v) is 7.03. The van der Waals surface area contributed by atoms with Gasteiger partial charge in [-0.05, 0) is 23.2 Å².